The number of likely N-dealkylation sites (N-methyl/N-ethyl adjacent to an activating group) is 1. The van der Waals surface area contributed by atoms with Crippen LogP contribution in [0.2, 0.25) is 0 Å². The maximum absolute atomic E-state index is 12.4. The summed E-state index contributed by atoms with van der Waals surface area (Å²) in [5, 5.41) is 3.98. The molecule has 5 heteroatoms. The number of furan rings is 1. The van der Waals surface area contributed by atoms with Gasteiger partial charge < -0.3 is 19.5 Å². The molecule has 1 aliphatic rings. The number of aryl methyl sites for hydroxylation is 1. The number of fused-ring (bicyclic) bond motifs is 1. The average molecular weight is 389 g/mol. The summed E-state index contributed by atoms with van der Waals surface area (Å²) in [5.74, 6) is 0.747. The molecule has 0 atom stereocenters. The predicted molar refractivity (Wildman–Crippen MR) is 119 cm³/mol. The lowest BCUT2D eigenvalue weighted by Gasteiger charge is -2.34. The number of piperazine rings is 1. The lowest BCUT2D eigenvalue weighted by molar-refractivity contribution is -0.111. The van der Waals surface area contributed by atoms with E-state index in [0.717, 1.165) is 60.6 Å². The third kappa shape index (κ3) is 4.35. The second kappa shape index (κ2) is 8.53. The van der Waals surface area contributed by atoms with Gasteiger partial charge in [-0.2, -0.15) is 0 Å². The first-order valence-corrected chi connectivity index (χ1v) is 10.2. The number of carbonyl (C=O) groups excluding carboxylic acids is 1. The van der Waals surface area contributed by atoms with Crippen molar-refractivity contribution >= 4 is 34.3 Å². The van der Waals surface area contributed by atoms with Gasteiger partial charge >= 0.3 is 0 Å². The highest BCUT2D eigenvalue weighted by molar-refractivity contribution is 6.03. The van der Waals surface area contributed by atoms with Crippen LogP contribution < -0.4 is 10.2 Å². The molecule has 5 nitrogen and oxygen atoms in total. The van der Waals surface area contributed by atoms with E-state index >= 15 is 0 Å². The fraction of sp³-hybridized carbons (Fsp3) is 0.292. The minimum absolute atomic E-state index is 0.148. The summed E-state index contributed by atoms with van der Waals surface area (Å²) in [7, 11) is 2.15. The summed E-state index contributed by atoms with van der Waals surface area (Å²) in [6.07, 6.45) is 4.20. The minimum Gasteiger partial charge on any atom is -0.460 e. The molecule has 4 rings (SSSR count). The highest BCUT2D eigenvalue weighted by atomic mass is 16.3. The van der Waals surface area contributed by atoms with Crippen molar-refractivity contribution in [1.82, 2.24) is 4.90 Å². The summed E-state index contributed by atoms with van der Waals surface area (Å²) in [5.41, 5.74) is 3.82. The molecule has 2 aromatic carbocycles. The second-order valence-electron chi connectivity index (χ2n) is 7.45. The van der Waals surface area contributed by atoms with E-state index in [-0.39, 0.29) is 5.91 Å². The van der Waals surface area contributed by atoms with Gasteiger partial charge in [-0.3, -0.25) is 4.79 Å². The zero-order valence-corrected chi connectivity index (χ0v) is 17.0. The Balaban J connectivity index is 1.42. The number of carbonyl (C=O) groups is 1. The molecule has 1 amide bonds. The molecule has 0 radical (unpaired) electrons. The van der Waals surface area contributed by atoms with Crippen LogP contribution in [0.15, 0.2) is 59.0 Å². The van der Waals surface area contributed by atoms with Gasteiger partial charge in [0.25, 0.3) is 0 Å². The number of benzene rings is 2. The van der Waals surface area contributed by atoms with Gasteiger partial charge in [-0.1, -0.05) is 25.1 Å². The van der Waals surface area contributed by atoms with E-state index in [2.05, 4.69) is 41.2 Å². The summed E-state index contributed by atoms with van der Waals surface area (Å²) < 4.78 is 5.89. The molecule has 1 N–H and O–H groups in total. The molecule has 1 fully saturated rings. The first-order chi connectivity index (χ1) is 14.1. The lowest BCUT2D eigenvalue weighted by Crippen LogP contribution is -2.44. The van der Waals surface area contributed by atoms with Crippen LogP contribution in [0.4, 0.5) is 11.4 Å². The van der Waals surface area contributed by atoms with Crippen molar-refractivity contribution < 1.29 is 9.21 Å². The molecule has 29 heavy (non-hydrogen) atoms. The Hall–Kier alpha value is -3.05. The summed E-state index contributed by atoms with van der Waals surface area (Å²) in [6, 6.07) is 16.0. The SMILES string of the molecule is CCc1oc2ccccc2c1/C=C/C(=O)Nc1ccc(N2CCN(C)CC2)cc1. The Kier molecular flexibility index (Phi) is 5.67. The number of hydrogen-bond donors (Lipinski definition) is 1. The van der Waals surface area contributed by atoms with Crippen molar-refractivity contribution in [2.24, 2.45) is 0 Å². The standard InChI is InChI=1S/C24H27N3O2/c1-3-22-21(20-6-4-5-7-23(20)29-22)12-13-24(28)25-18-8-10-19(11-9-18)27-16-14-26(2)15-17-27/h4-13H,3,14-17H2,1-2H3,(H,25,28)/b13-12+. The molecule has 0 aliphatic carbocycles. The zero-order valence-electron chi connectivity index (χ0n) is 17.0. The fourth-order valence-corrected chi connectivity index (χ4v) is 3.72. The van der Waals surface area contributed by atoms with Crippen LogP contribution in [0.5, 0.6) is 0 Å². The molecule has 0 bridgehead atoms. The lowest BCUT2D eigenvalue weighted by atomic mass is 10.1. The van der Waals surface area contributed by atoms with Crippen LogP contribution in [0.25, 0.3) is 17.0 Å². The van der Waals surface area contributed by atoms with Crippen molar-refractivity contribution in [2.75, 3.05) is 43.4 Å². The van der Waals surface area contributed by atoms with Crippen LogP contribution in [-0.2, 0) is 11.2 Å². The first-order valence-electron chi connectivity index (χ1n) is 10.2. The van der Waals surface area contributed by atoms with Crippen molar-refractivity contribution in [2.45, 2.75) is 13.3 Å². The smallest absolute Gasteiger partial charge is 0.248 e. The molecule has 0 unspecified atom stereocenters. The van der Waals surface area contributed by atoms with E-state index in [1.807, 2.05) is 42.5 Å². The number of nitrogens with one attached hydrogen (secondary N) is 1. The topological polar surface area (TPSA) is 48.7 Å². The van der Waals surface area contributed by atoms with E-state index in [9.17, 15) is 4.79 Å². The Morgan fingerprint density at radius 2 is 1.79 bits per heavy atom. The first kappa shape index (κ1) is 19.3. The Labute approximate surface area is 171 Å². The maximum atomic E-state index is 12.4. The molecule has 0 saturated carbocycles. The minimum atomic E-state index is -0.148. The molecule has 150 valence electrons. The van der Waals surface area contributed by atoms with Gasteiger partial charge in [-0.25, -0.2) is 0 Å². The molecular weight excluding hydrogens is 362 g/mol. The number of anilines is 2. The van der Waals surface area contributed by atoms with Gasteiger partial charge in [0, 0.05) is 61.0 Å². The fourth-order valence-electron chi connectivity index (χ4n) is 3.72. The van der Waals surface area contributed by atoms with Crippen LogP contribution in [0.3, 0.4) is 0 Å². The summed E-state index contributed by atoms with van der Waals surface area (Å²) >= 11 is 0. The third-order valence-corrected chi connectivity index (χ3v) is 5.44. The molecule has 1 aromatic heterocycles. The molecule has 2 heterocycles. The third-order valence-electron chi connectivity index (χ3n) is 5.44. The van der Waals surface area contributed by atoms with Gasteiger partial charge in [-0.05, 0) is 43.5 Å². The summed E-state index contributed by atoms with van der Waals surface area (Å²) in [4.78, 5) is 17.1. The Bertz CT molecular complexity index is 1010. The van der Waals surface area contributed by atoms with Gasteiger partial charge in [0.15, 0.2) is 0 Å². The number of amides is 1. The van der Waals surface area contributed by atoms with E-state index in [1.165, 1.54) is 5.69 Å². The molecular formula is C24H27N3O2. The van der Waals surface area contributed by atoms with Crippen molar-refractivity contribution in [3.05, 3.63) is 65.9 Å². The van der Waals surface area contributed by atoms with Crippen LogP contribution in [-0.4, -0.2) is 44.0 Å². The molecule has 3 aromatic rings. The molecule has 1 aliphatic heterocycles. The number of rotatable bonds is 5. The largest absolute Gasteiger partial charge is 0.460 e. The highest BCUT2D eigenvalue weighted by Gasteiger charge is 2.14. The number of para-hydroxylation sites is 1. The van der Waals surface area contributed by atoms with Crippen molar-refractivity contribution in [3.63, 3.8) is 0 Å². The summed E-state index contributed by atoms with van der Waals surface area (Å²) in [6.45, 7) is 6.27. The Morgan fingerprint density at radius 3 is 2.52 bits per heavy atom. The predicted octanol–water partition coefficient (Wildman–Crippen LogP) is 4.40. The zero-order chi connectivity index (χ0) is 20.2. The van der Waals surface area contributed by atoms with Crippen LogP contribution in [0.1, 0.15) is 18.2 Å². The van der Waals surface area contributed by atoms with E-state index in [0.29, 0.717) is 0 Å². The van der Waals surface area contributed by atoms with Crippen molar-refractivity contribution in [3.8, 4) is 0 Å². The average Bonchev–Trinajstić information content (AvgIpc) is 3.11. The Morgan fingerprint density at radius 1 is 1.07 bits per heavy atom. The van der Waals surface area contributed by atoms with Gasteiger partial charge in [-0.15, -0.1) is 0 Å². The van der Waals surface area contributed by atoms with E-state index < -0.39 is 0 Å². The number of nitrogens with zero attached hydrogens (tertiary/aromatic N) is 2. The van der Waals surface area contributed by atoms with E-state index in [1.54, 1.807) is 6.08 Å². The van der Waals surface area contributed by atoms with Gasteiger partial charge in [0.1, 0.15) is 11.3 Å². The quantitative estimate of drug-likeness (QED) is 0.657. The number of hydrogen-bond acceptors (Lipinski definition) is 4. The normalized spacial score (nSPS) is 15.3. The molecule has 1 saturated heterocycles. The van der Waals surface area contributed by atoms with Crippen LogP contribution >= 0.6 is 0 Å². The maximum Gasteiger partial charge on any atom is 0.248 e. The van der Waals surface area contributed by atoms with E-state index in [4.69, 9.17) is 4.42 Å². The van der Waals surface area contributed by atoms with Crippen molar-refractivity contribution in [1.29, 1.82) is 0 Å². The van der Waals surface area contributed by atoms with Gasteiger partial charge in [0.05, 0.1) is 0 Å². The highest BCUT2D eigenvalue weighted by Crippen LogP contribution is 2.27. The van der Waals surface area contributed by atoms with Gasteiger partial charge in [0.2, 0.25) is 5.91 Å². The van der Waals surface area contributed by atoms with Crippen LogP contribution in [0, 0.1) is 0 Å². The monoisotopic (exact) mass is 389 g/mol. The second-order valence-corrected chi connectivity index (χ2v) is 7.45. The molecule has 0 spiro atoms.